The smallest absolute Gasteiger partial charge is 0.254 e. The van der Waals surface area contributed by atoms with Crippen molar-refractivity contribution < 1.29 is 14.4 Å². The number of amides is 3. The van der Waals surface area contributed by atoms with E-state index in [1.54, 1.807) is 30.0 Å². The van der Waals surface area contributed by atoms with E-state index in [4.69, 9.17) is 0 Å². The first-order valence-corrected chi connectivity index (χ1v) is 17.4. The van der Waals surface area contributed by atoms with E-state index in [1.807, 2.05) is 78.7 Å². The fourth-order valence-corrected chi connectivity index (χ4v) is 7.10. The van der Waals surface area contributed by atoms with Crippen molar-refractivity contribution in [2.24, 2.45) is 5.92 Å². The molecule has 4 aromatic rings. The average molecular weight is 662 g/mol. The van der Waals surface area contributed by atoms with Gasteiger partial charge in [0.2, 0.25) is 11.8 Å². The summed E-state index contributed by atoms with van der Waals surface area (Å²) in [5.41, 5.74) is 3.44. The molecule has 1 aliphatic heterocycles. The zero-order valence-corrected chi connectivity index (χ0v) is 29.6. The number of carbonyl (C=O) groups excluding carboxylic acids is 3. The topological polar surface area (TPSA) is 76.2 Å². The normalized spacial score (nSPS) is 16.0. The molecule has 0 saturated carbocycles. The SMILES string of the molecule is CNCc1cccc(C(=O)N(C)[C@H](Cc2ccc3ccccc3c2)C(=O)N(C)C(Cc2ccccc2)C(=O)N2CCC[C@@H](CN(C)C)C2)c1. The van der Waals surface area contributed by atoms with Crippen LogP contribution < -0.4 is 5.32 Å². The van der Waals surface area contributed by atoms with E-state index in [1.165, 1.54) is 0 Å². The van der Waals surface area contributed by atoms with Crippen LogP contribution in [0.3, 0.4) is 0 Å². The number of carbonyl (C=O) groups is 3. The molecule has 3 atom stereocenters. The number of fused-ring (bicyclic) bond motifs is 1. The summed E-state index contributed by atoms with van der Waals surface area (Å²) in [7, 11) is 9.43. The van der Waals surface area contributed by atoms with Gasteiger partial charge in [0.25, 0.3) is 5.91 Å². The van der Waals surface area contributed by atoms with Crippen molar-refractivity contribution in [2.75, 3.05) is 54.9 Å². The van der Waals surface area contributed by atoms with Gasteiger partial charge in [-0.15, -0.1) is 0 Å². The maximum Gasteiger partial charge on any atom is 0.254 e. The molecule has 4 aromatic carbocycles. The maximum atomic E-state index is 14.8. The number of rotatable bonds is 13. The molecule has 0 aliphatic carbocycles. The summed E-state index contributed by atoms with van der Waals surface area (Å²) < 4.78 is 0. The Morgan fingerprint density at radius 2 is 1.45 bits per heavy atom. The molecule has 8 nitrogen and oxygen atoms in total. The van der Waals surface area contributed by atoms with Crippen LogP contribution in [0.2, 0.25) is 0 Å². The lowest BCUT2D eigenvalue weighted by Gasteiger charge is -2.39. The Kier molecular flexibility index (Phi) is 12.2. The third kappa shape index (κ3) is 9.13. The summed E-state index contributed by atoms with van der Waals surface area (Å²) in [5.74, 6) is -0.152. The Morgan fingerprint density at radius 1 is 0.755 bits per heavy atom. The predicted octanol–water partition coefficient (Wildman–Crippen LogP) is 5.11. The Bertz CT molecular complexity index is 1720. The van der Waals surface area contributed by atoms with Crippen LogP contribution in [0.5, 0.6) is 0 Å². The first-order chi connectivity index (χ1) is 23.6. The fourth-order valence-electron chi connectivity index (χ4n) is 7.10. The number of piperidine rings is 1. The number of likely N-dealkylation sites (tertiary alicyclic amines) is 1. The number of likely N-dealkylation sites (N-methyl/N-ethyl adjacent to an activating group) is 2. The van der Waals surface area contributed by atoms with Crippen LogP contribution in [-0.4, -0.2) is 104 Å². The molecule has 49 heavy (non-hydrogen) atoms. The van der Waals surface area contributed by atoms with Crippen LogP contribution in [0.4, 0.5) is 0 Å². The second-order valence-electron chi connectivity index (χ2n) is 13.8. The first kappa shape index (κ1) is 35.8. The second kappa shape index (κ2) is 16.7. The van der Waals surface area contributed by atoms with E-state index in [0.717, 1.165) is 46.8 Å². The van der Waals surface area contributed by atoms with Gasteiger partial charge in [0.15, 0.2) is 0 Å². The Morgan fingerprint density at radius 3 is 2.18 bits per heavy atom. The predicted molar refractivity (Wildman–Crippen MR) is 197 cm³/mol. The lowest BCUT2D eigenvalue weighted by Crippen LogP contribution is -2.57. The summed E-state index contributed by atoms with van der Waals surface area (Å²) in [6.45, 7) is 2.89. The van der Waals surface area contributed by atoms with Crippen molar-refractivity contribution >= 4 is 28.5 Å². The van der Waals surface area contributed by atoms with Crippen molar-refractivity contribution in [3.05, 3.63) is 119 Å². The number of hydrogen-bond acceptors (Lipinski definition) is 5. The van der Waals surface area contributed by atoms with Crippen LogP contribution >= 0.6 is 0 Å². The lowest BCUT2D eigenvalue weighted by molar-refractivity contribution is -0.147. The minimum Gasteiger partial charge on any atom is -0.341 e. The molecular weight excluding hydrogens is 610 g/mol. The van der Waals surface area contributed by atoms with Gasteiger partial charge in [-0.2, -0.15) is 0 Å². The van der Waals surface area contributed by atoms with Gasteiger partial charge >= 0.3 is 0 Å². The van der Waals surface area contributed by atoms with E-state index < -0.39 is 12.1 Å². The standard InChI is InChI=1S/C41H51N5O3/c1-42-27-32-15-11-19-36(24-32)39(47)44(4)37(26-31-20-21-34-17-9-10-18-35(34)23-31)40(48)45(5)38(25-30-13-7-6-8-14-30)41(49)46-22-12-16-33(29-46)28-43(2)3/h6-11,13-15,17-21,23-24,33,37-38,42H,12,16,22,25-29H2,1-5H3/t33-,37+,38?/m0/s1. The molecule has 1 saturated heterocycles. The molecule has 0 spiro atoms. The molecule has 1 fully saturated rings. The highest BCUT2D eigenvalue weighted by Crippen LogP contribution is 2.24. The number of nitrogens with one attached hydrogen (secondary N) is 1. The van der Waals surface area contributed by atoms with Crippen molar-refractivity contribution in [2.45, 2.75) is 44.3 Å². The lowest BCUT2D eigenvalue weighted by atomic mass is 9.95. The van der Waals surface area contributed by atoms with Gasteiger partial charge in [-0.1, -0.05) is 84.9 Å². The van der Waals surface area contributed by atoms with Gasteiger partial charge < -0.3 is 24.9 Å². The Labute approximate surface area is 291 Å². The van der Waals surface area contributed by atoms with Crippen LogP contribution in [0.25, 0.3) is 10.8 Å². The van der Waals surface area contributed by atoms with Crippen LogP contribution in [0, 0.1) is 5.92 Å². The second-order valence-corrected chi connectivity index (χ2v) is 13.8. The number of benzene rings is 4. The van der Waals surface area contributed by atoms with Crippen LogP contribution in [-0.2, 0) is 29.0 Å². The summed E-state index contributed by atoms with van der Waals surface area (Å²) >= 11 is 0. The van der Waals surface area contributed by atoms with Crippen molar-refractivity contribution in [1.29, 1.82) is 0 Å². The minimum atomic E-state index is -0.833. The van der Waals surface area contributed by atoms with Crippen molar-refractivity contribution in [3.63, 3.8) is 0 Å². The number of nitrogens with zero attached hydrogens (tertiary/aromatic N) is 4. The molecule has 1 unspecified atom stereocenters. The van der Waals surface area contributed by atoms with Gasteiger partial charge in [-0.3, -0.25) is 14.4 Å². The molecule has 1 heterocycles. The fraction of sp³-hybridized carbons (Fsp3) is 0.390. The average Bonchev–Trinajstić information content (AvgIpc) is 3.12. The Hall–Kier alpha value is -4.53. The molecule has 1 aliphatic rings. The third-order valence-electron chi connectivity index (χ3n) is 9.70. The van der Waals surface area contributed by atoms with Gasteiger partial charge in [0.1, 0.15) is 12.1 Å². The van der Waals surface area contributed by atoms with Gasteiger partial charge in [-0.25, -0.2) is 0 Å². The highest BCUT2D eigenvalue weighted by Gasteiger charge is 2.38. The zero-order valence-electron chi connectivity index (χ0n) is 29.6. The summed E-state index contributed by atoms with van der Waals surface area (Å²) in [6.07, 6.45) is 2.72. The third-order valence-corrected chi connectivity index (χ3v) is 9.70. The molecule has 258 valence electrons. The first-order valence-electron chi connectivity index (χ1n) is 17.4. The molecule has 0 aromatic heterocycles. The molecule has 1 N–H and O–H groups in total. The monoisotopic (exact) mass is 661 g/mol. The molecule has 5 rings (SSSR count). The van der Waals surface area contributed by atoms with Gasteiger partial charge in [-0.05, 0) is 79.5 Å². The molecule has 3 amide bonds. The summed E-state index contributed by atoms with van der Waals surface area (Å²) in [5, 5.41) is 5.32. The van der Waals surface area contributed by atoms with E-state index in [0.29, 0.717) is 44.0 Å². The number of hydrogen-bond donors (Lipinski definition) is 1. The zero-order chi connectivity index (χ0) is 34.9. The van der Waals surface area contributed by atoms with Gasteiger partial charge in [0.05, 0.1) is 0 Å². The van der Waals surface area contributed by atoms with Crippen LogP contribution in [0.15, 0.2) is 97.1 Å². The van der Waals surface area contributed by atoms with E-state index >= 15 is 0 Å². The van der Waals surface area contributed by atoms with Crippen molar-refractivity contribution in [3.8, 4) is 0 Å². The van der Waals surface area contributed by atoms with Crippen molar-refractivity contribution in [1.82, 2.24) is 24.9 Å². The quantitative estimate of drug-likeness (QED) is 0.216. The highest BCUT2D eigenvalue weighted by atomic mass is 16.2. The molecule has 0 bridgehead atoms. The van der Waals surface area contributed by atoms with Crippen LogP contribution in [0.1, 0.15) is 39.9 Å². The molecule has 0 radical (unpaired) electrons. The molecule has 8 heteroatoms. The van der Waals surface area contributed by atoms with E-state index in [9.17, 15) is 14.4 Å². The highest BCUT2D eigenvalue weighted by molar-refractivity contribution is 5.98. The molecular formula is C41H51N5O3. The Balaban J connectivity index is 1.48. The van der Waals surface area contributed by atoms with E-state index in [2.05, 4.69) is 48.6 Å². The minimum absolute atomic E-state index is 0.0404. The summed E-state index contributed by atoms with van der Waals surface area (Å²) in [6, 6.07) is 30.2. The maximum absolute atomic E-state index is 14.8. The van der Waals surface area contributed by atoms with E-state index in [-0.39, 0.29) is 17.7 Å². The largest absolute Gasteiger partial charge is 0.341 e. The van der Waals surface area contributed by atoms with Gasteiger partial charge in [0, 0.05) is 58.7 Å². The summed E-state index contributed by atoms with van der Waals surface area (Å²) in [4.78, 5) is 50.7.